The minimum atomic E-state index is -3.79. The first-order valence-electron chi connectivity index (χ1n) is 7.52. The molecule has 2 amide bonds. The van der Waals surface area contributed by atoms with Gasteiger partial charge in [0.15, 0.2) is 6.61 Å². The molecule has 0 heterocycles. The monoisotopic (exact) mass is 383 g/mol. The lowest BCUT2D eigenvalue weighted by molar-refractivity contribution is -0.131. The molecule has 0 bridgehead atoms. The van der Waals surface area contributed by atoms with Gasteiger partial charge in [-0.15, -0.1) is 6.58 Å². The first-order chi connectivity index (χ1) is 12.2. The van der Waals surface area contributed by atoms with Crippen molar-refractivity contribution in [2.45, 2.75) is 4.90 Å². The number of nitrogens with zero attached hydrogens (tertiary/aromatic N) is 1. The predicted molar refractivity (Wildman–Crippen MR) is 93.8 cm³/mol. The van der Waals surface area contributed by atoms with E-state index in [-0.39, 0.29) is 29.5 Å². The number of hydrogen-bond donors (Lipinski definition) is 2. The van der Waals surface area contributed by atoms with Crippen LogP contribution in [-0.2, 0) is 24.3 Å². The summed E-state index contributed by atoms with van der Waals surface area (Å²) in [7, 11) is -0.704. The van der Waals surface area contributed by atoms with E-state index in [0.29, 0.717) is 0 Å². The molecule has 0 aliphatic carbocycles. The van der Waals surface area contributed by atoms with Crippen LogP contribution in [0.3, 0.4) is 0 Å². The highest BCUT2D eigenvalue weighted by atomic mass is 32.2. The van der Waals surface area contributed by atoms with Gasteiger partial charge in [0, 0.05) is 20.6 Å². The maximum Gasteiger partial charge on any atom is 0.338 e. The van der Waals surface area contributed by atoms with Crippen LogP contribution in [0.2, 0.25) is 0 Å². The van der Waals surface area contributed by atoms with Gasteiger partial charge in [-0.25, -0.2) is 17.9 Å². The number of likely N-dealkylation sites (N-methyl/N-ethyl adjacent to an activating group) is 1. The maximum atomic E-state index is 12.0. The number of nitrogens with one attached hydrogen (secondary N) is 2. The second kappa shape index (κ2) is 9.68. The van der Waals surface area contributed by atoms with Gasteiger partial charge < -0.3 is 15.0 Å². The molecule has 0 radical (unpaired) electrons. The first kappa shape index (κ1) is 21.3. The maximum absolute atomic E-state index is 12.0. The summed E-state index contributed by atoms with van der Waals surface area (Å²) in [5.41, 5.74) is -0.0244. The van der Waals surface area contributed by atoms with Crippen molar-refractivity contribution in [3.8, 4) is 0 Å². The van der Waals surface area contributed by atoms with Crippen LogP contribution in [0.5, 0.6) is 0 Å². The van der Waals surface area contributed by atoms with Crippen LogP contribution in [0.4, 0.5) is 0 Å². The molecule has 0 aliphatic rings. The number of amides is 2. The van der Waals surface area contributed by atoms with Gasteiger partial charge in [-0.2, -0.15) is 0 Å². The fraction of sp³-hybridized carbons (Fsp3) is 0.312. The molecule has 1 aromatic rings. The average Bonchev–Trinajstić information content (AvgIpc) is 2.62. The molecule has 0 aliphatic heterocycles. The van der Waals surface area contributed by atoms with Gasteiger partial charge in [-0.1, -0.05) is 12.1 Å². The van der Waals surface area contributed by atoms with Crippen molar-refractivity contribution in [2.24, 2.45) is 0 Å². The Bertz CT molecular complexity index is 789. The molecule has 0 saturated heterocycles. The fourth-order valence-corrected chi connectivity index (χ4v) is 2.68. The van der Waals surface area contributed by atoms with Crippen molar-refractivity contribution in [1.82, 2.24) is 14.9 Å². The minimum absolute atomic E-state index is 0.0244. The minimum Gasteiger partial charge on any atom is -0.452 e. The molecule has 0 spiro atoms. The lowest BCUT2D eigenvalue weighted by Gasteiger charge is -2.11. The van der Waals surface area contributed by atoms with Gasteiger partial charge in [0.1, 0.15) is 0 Å². The van der Waals surface area contributed by atoms with Crippen molar-refractivity contribution in [1.29, 1.82) is 0 Å². The Morgan fingerprint density at radius 1 is 1.27 bits per heavy atom. The summed E-state index contributed by atoms with van der Waals surface area (Å²) in [5.74, 6) is -1.82. The standard InChI is InChI=1S/C16H21N3O6S/c1-4-8-18-26(23,24)13-7-5-6-12(9-13)16(22)25-11-14(20)17-10-15(21)19(2)3/h4-7,9,18H,1,8,10-11H2,2-3H3,(H,17,20). The van der Waals surface area contributed by atoms with Gasteiger partial charge >= 0.3 is 5.97 Å². The summed E-state index contributed by atoms with van der Waals surface area (Å²) in [6.45, 7) is 2.65. The molecule has 0 unspecified atom stereocenters. The summed E-state index contributed by atoms with van der Waals surface area (Å²) >= 11 is 0. The smallest absolute Gasteiger partial charge is 0.338 e. The molecular weight excluding hydrogens is 362 g/mol. The van der Waals surface area contributed by atoms with E-state index in [4.69, 9.17) is 4.74 Å². The topological polar surface area (TPSA) is 122 Å². The van der Waals surface area contributed by atoms with Crippen molar-refractivity contribution in [2.75, 3.05) is 33.8 Å². The molecule has 10 heteroatoms. The zero-order chi connectivity index (χ0) is 19.7. The second-order valence-corrected chi connectivity index (χ2v) is 7.08. The van der Waals surface area contributed by atoms with Gasteiger partial charge in [-0.3, -0.25) is 9.59 Å². The largest absolute Gasteiger partial charge is 0.452 e. The summed E-state index contributed by atoms with van der Waals surface area (Å²) in [5, 5.41) is 2.31. The Morgan fingerprint density at radius 2 is 1.96 bits per heavy atom. The number of hydrogen-bond acceptors (Lipinski definition) is 6. The Hall–Kier alpha value is -2.72. The summed E-state index contributed by atoms with van der Waals surface area (Å²) in [4.78, 5) is 36.1. The molecule has 0 saturated carbocycles. The van der Waals surface area contributed by atoms with Gasteiger partial charge in [0.2, 0.25) is 15.9 Å². The zero-order valence-corrected chi connectivity index (χ0v) is 15.3. The number of benzene rings is 1. The quantitative estimate of drug-likeness (QED) is 0.438. The van der Waals surface area contributed by atoms with Gasteiger partial charge in [0.25, 0.3) is 5.91 Å². The van der Waals surface area contributed by atoms with Gasteiger partial charge in [0.05, 0.1) is 17.0 Å². The van der Waals surface area contributed by atoms with Crippen LogP contribution < -0.4 is 10.0 Å². The predicted octanol–water partition coefficient (Wildman–Crippen LogP) is -0.488. The highest BCUT2D eigenvalue weighted by Crippen LogP contribution is 2.12. The second-order valence-electron chi connectivity index (χ2n) is 5.31. The summed E-state index contributed by atoms with van der Waals surface area (Å²) in [6, 6.07) is 5.21. The number of carbonyl (C=O) groups excluding carboxylic acids is 3. The Kier molecular flexibility index (Phi) is 7.94. The molecule has 142 valence electrons. The highest BCUT2D eigenvalue weighted by Gasteiger charge is 2.17. The van der Waals surface area contributed by atoms with Crippen LogP contribution >= 0.6 is 0 Å². The molecule has 1 aromatic carbocycles. The number of carbonyl (C=O) groups is 3. The fourth-order valence-electron chi connectivity index (χ4n) is 1.64. The van der Waals surface area contributed by atoms with E-state index in [1.807, 2.05) is 0 Å². The third kappa shape index (κ3) is 6.65. The Labute approximate surface area is 152 Å². The van der Waals surface area contributed by atoms with E-state index >= 15 is 0 Å². The Balaban J connectivity index is 2.65. The lowest BCUT2D eigenvalue weighted by Crippen LogP contribution is -2.38. The highest BCUT2D eigenvalue weighted by molar-refractivity contribution is 7.89. The summed E-state index contributed by atoms with van der Waals surface area (Å²) < 4.78 is 31.2. The lowest BCUT2D eigenvalue weighted by atomic mass is 10.2. The van der Waals surface area contributed by atoms with Crippen molar-refractivity contribution >= 4 is 27.8 Å². The van der Waals surface area contributed by atoms with Crippen LogP contribution in [0, 0.1) is 0 Å². The molecule has 1 rings (SSSR count). The van der Waals surface area contributed by atoms with E-state index in [1.165, 1.54) is 29.2 Å². The van der Waals surface area contributed by atoms with E-state index in [2.05, 4.69) is 16.6 Å². The summed E-state index contributed by atoms with van der Waals surface area (Å²) in [6.07, 6.45) is 1.38. The first-order valence-corrected chi connectivity index (χ1v) is 9.00. The average molecular weight is 383 g/mol. The normalized spacial score (nSPS) is 10.7. The van der Waals surface area contributed by atoms with Crippen molar-refractivity contribution < 1.29 is 27.5 Å². The van der Waals surface area contributed by atoms with E-state index in [0.717, 1.165) is 6.07 Å². The van der Waals surface area contributed by atoms with Crippen molar-refractivity contribution in [3.63, 3.8) is 0 Å². The zero-order valence-electron chi connectivity index (χ0n) is 14.5. The van der Waals surface area contributed by atoms with E-state index < -0.39 is 28.5 Å². The number of rotatable bonds is 9. The Morgan fingerprint density at radius 3 is 2.58 bits per heavy atom. The van der Waals surface area contributed by atoms with Crippen molar-refractivity contribution in [3.05, 3.63) is 42.5 Å². The third-order valence-corrected chi connectivity index (χ3v) is 4.49. The van der Waals surface area contributed by atoms with Gasteiger partial charge in [-0.05, 0) is 18.2 Å². The van der Waals surface area contributed by atoms with Crippen LogP contribution in [0.1, 0.15) is 10.4 Å². The van der Waals surface area contributed by atoms with E-state index in [1.54, 1.807) is 14.1 Å². The third-order valence-electron chi connectivity index (χ3n) is 3.07. The van der Waals surface area contributed by atoms with Crippen LogP contribution in [0.15, 0.2) is 41.8 Å². The molecule has 2 N–H and O–H groups in total. The number of esters is 1. The van der Waals surface area contributed by atoms with E-state index in [9.17, 15) is 22.8 Å². The van der Waals surface area contributed by atoms with Crippen LogP contribution in [0.25, 0.3) is 0 Å². The number of ether oxygens (including phenoxy) is 1. The SMILES string of the molecule is C=CCNS(=O)(=O)c1cccc(C(=O)OCC(=O)NCC(=O)N(C)C)c1. The number of sulfonamides is 1. The molecular formula is C16H21N3O6S. The molecule has 26 heavy (non-hydrogen) atoms. The van der Waals surface area contributed by atoms with Crippen LogP contribution in [-0.4, -0.2) is 64.9 Å². The molecule has 0 aromatic heterocycles. The molecule has 0 fully saturated rings. The molecule has 0 atom stereocenters. The molecule has 9 nitrogen and oxygen atoms in total.